The summed E-state index contributed by atoms with van der Waals surface area (Å²) in [5.74, 6) is -0.476. The van der Waals surface area contributed by atoms with Crippen LogP contribution in [0.1, 0.15) is 278 Å². The maximum absolute atomic E-state index is 13.2. The van der Waals surface area contributed by atoms with Crippen molar-refractivity contribution in [1.29, 1.82) is 0 Å². The number of amides is 1. The van der Waals surface area contributed by atoms with Gasteiger partial charge < -0.3 is 20.3 Å². The SMILES string of the molecule is CCCCC/C=C\CCCCCC(CC(=O)NC(CO)C(O)CCCCCCCCCCCCCCCCC)OC(=O)CCCCCCCCCCCCCCC. The average Bonchev–Trinajstić information content (AvgIpc) is 3.20. The van der Waals surface area contributed by atoms with E-state index in [-0.39, 0.29) is 24.9 Å². The lowest BCUT2D eigenvalue weighted by molar-refractivity contribution is -0.151. The fraction of sp³-hybridized carbons (Fsp3) is 0.922. The van der Waals surface area contributed by atoms with E-state index in [1.807, 2.05) is 0 Å². The fourth-order valence-electron chi connectivity index (χ4n) is 7.96. The van der Waals surface area contributed by atoms with E-state index in [0.29, 0.717) is 19.3 Å². The van der Waals surface area contributed by atoms with Crippen molar-refractivity contribution >= 4 is 11.9 Å². The van der Waals surface area contributed by atoms with Crippen molar-refractivity contribution in [2.45, 2.75) is 296 Å². The molecule has 0 saturated heterocycles. The first-order valence-corrected chi connectivity index (χ1v) is 25.4. The van der Waals surface area contributed by atoms with E-state index in [4.69, 9.17) is 4.74 Å². The standard InChI is InChI=1S/C51H99NO5/c1-4-7-10-13-16-19-22-24-25-27-28-31-34-37-40-43-49(54)48(46-53)52-50(55)45-47(42-39-36-33-30-21-18-15-12-9-6-3)57-51(56)44-41-38-35-32-29-26-23-20-17-14-11-8-5-2/h18,21,47-49,53-54H,4-17,19-20,22-46H2,1-3H3,(H,52,55)/b21-18-. The lowest BCUT2D eigenvalue weighted by atomic mass is 10.0. The first-order valence-electron chi connectivity index (χ1n) is 25.4. The Labute approximate surface area is 355 Å². The van der Waals surface area contributed by atoms with Crippen molar-refractivity contribution in [1.82, 2.24) is 5.32 Å². The molecule has 0 rings (SSSR count). The summed E-state index contributed by atoms with van der Waals surface area (Å²) in [7, 11) is 0. The third kappa shape index (κ3) is 41.1. The zero-order valence-electron chi connectivity index (χ0n) is 38.5. The number of unbranched alkanes of at least 4 members (excludes halogenated alkanes) is 32. The van der Waals surface area contributed by atoms with Crippen LogP contribution in [0.3, 0.4) is 0 Å². The summed E-state index contributed by atoms with van der Waals surface area (Å²) in [6, 6.07) is -0.699. The summed E-state index contributed by atoms with van der Waals surface area (Å²) in [5, 5.41) is 23.7. The molecule has 6 heteroatoms. The van der Waals surface area contributed by atoms with Crippen LogP contribution in [0.15, 0.2) is 12.2 Å². The van der Waals surface area contributed by atoms with E-state index in [9.17, 15) is 19.8 Å². The van der Waals surface area contributed by atoms with Gasteiger partial charge in [0.05, 0.1) is 25.2 Å². The number of ether oxygens (including phenoxy) is 1. The van der Waals surface area contributed by atoms with Gasteiger partial charge in [0.1, 0.15) is 6.10 Å². The number of esters is 1. The van der Waals surface area contributed by atoms with Crippen molar-refractivity contribution < 1.29 is 24.5 Å². The summed E-state index contributed by atoms with van der Waals surface area (Å²) in [6.07, 6.45) is 49.9. The van der Waals surface area contributed by atoms with E-state index in [0.717, 1.165) is 64.2 Å². The smallest absolute Gasteiger partial charge is 0.306 e. The summed E-state index contributed by atoms with van der Waals surface area (Å²) >= 11 is 0. The van der Waals surface area contributed by atoms with E-state index >= 15 is 0 Å². The number of hydrogen-bond acceptors (Lipinski definition) is 5. The first-order chi connectivity index (χ1) is 28.0. The van der Waals surface area contributed by atoms with Crippen LogP contribution in [-0.2, 0) is 14.3 Å². The van der Waals surface area contributed by atoms with Gasteiger partial charge in [-0.15, -0.1) is 0 Å². The Morgan fingerprint density at radius 1 is 0.491 bits per heavy atom. The molecule has 0 radical (unpaired) electrons. The van der Waals surface area contributed by atoms with Gasteiger partial charge in [-0.2, -0.15) is 0 Å². The Bertz CT molecular complexity index is 863. The summed E-state index contributed by atoms with van der Waals surface area (Å²) in [5.41, 5.74) is 0. The molecule has 0 heterocycles. The van der Waals surface area contributed by atoms with Crippen molar-refractivity contribution in [3.63, 3.8) is 0 Å². The number of aliphatic hydroxyl groups is 2. The number of aliphatic hydroxyl groups excluding tert-OH is 2. The molecule has 0 saturated carbocycles. The largest absolute Gasteiger partial charge is 0.462 e. The molecule has 3 N–H and O–H groups in total. The van der Waals surface area contributed by atoms with E-state index in [2.05, 4.69) is 38.2 Å². The molecule has 0 aromatic rings. The molecule has 3 unspecified atom stereocenters. The van der Waals surface area contributed by atoms with Crippen LogP contribution in [0, 0.1) is 0 Å². The highest BCUT2D eigenvalue weighted by molar-refractivity contribution is 5.77. The van der Waals surface area contributed by atoms with Gasteiger partial charge in [-0.1, -0.05) is 226 Å². The number of hydrogen-bond donors (Lipinski definition) is 3. The maximum atomic E-state index is 13.2. The molecular weight excluding hydrogens is 707 g/mol. The van der Waals surface area contributed by atoms with E-state index < -0.39 is 18.2 Å². The first kappa shape index (κ1) is 55.6. The molecule has 338 valence electrons. The van der Waals surface area contributed by atoms with Crippen LogP contribution in [0.5, 0.6) is 0 Å². The Hall–Kier alpha value is -1.40. The molecular formula is C51H99NO5. The molecule has 3 atom stereocenters. The second-order valence-electron chi connectivity index (χ2n) is 17.6. The van der Waals surface area contributed by atoms with Crippen molar-refractivity contribution in [2.75, 3.05) is 6.61 Å². The van der Waals surface area contributed by atoms with Gasteiger partial charge in [0.15, 0.2) is 0 Å². The highest BCUT2D eigenvalue weighted by Gasteiger charge is 2.24. The van der Waals surface area contributed by atoms with Crippen LogP contribution in [-0.4, -0.2) is 46.9 Å². The van der Waals surface area contributed by atoms with Crippen molar-refractivity contribution in [3.8, 4) is 0 Å². The van der Waals surface area contributed by atoms with Gasteiger partial charge in [0, 0.05) is 6.42 Å². The minimum absolute atomic E-state index is 0.0733. The minimum atomic E-state index is -0.785. The third-order valence-electron chi connectivity index (χ3n) is 11.8. The lowest BCUT2D eigenvalue weighted by Crippen LogP contribution is -2.46. The van der Waals surface area contributed by atoms with Crippen LogP contribution >= 0.6 is 0 Å². The van der Waals surface area contributed by atoms with Gasteiger partial charge in [-0.25, -0.2) is 0 Å². The van der Waals surface area contributed by atoms with E-state index in [1.165, 1.54) is 167 Å². The molecule has 0 spiro atoms. The Balaban J connectivity index is 4.46. The van der Waals surface area contributed by atoms with Gasteiger partial charge in [0.25, 0.3) is 0 Å². The van der Waals surface area contributed by atoms with Gasteiger partial charge in [0.2, 0.25) is 5.91 Å². The van der Waals surface area contributed by atoms with Crippen LogP contribution in [0.4, 0.5) is 0 Å². The molecule has 6 nitrogen and oxygen atoms in total. The molecule has 0 aliphatic rings. The predicted molar refractivity (Wildman–Crippen MR) is 246 cm³/mol. The second kappa shape index (κ2) is 45.7. The molecule has 57 heavy (non-hydrogen) atoms. The zero-order chi connectivity index (χ0) is 41.7. The maximum Gasteiger partial charge on any atom is 0.306 e. The van der Waals surface area contributed by atoms with Gasteiger partial charge in [-0.05, 0) is 51.4 Å². The summed E-state index contributed by atoms with van der Waals surface area (Å²) in [6.45, 7) is 6.47. The fourth-order valence-corrected chi connectivity index (χ4v) is 7.96. The molecule has 0 aliphatic carbocycles. The van der Waals surface area contributed by atoms with Crippen LogP contribution < -0.4 is 5.32 Å². The molecule has 1 amide bonds. The summed E-state index contributed by atoms with van der Waals surface area (Å²) in [4.78, 5) is 26.0. The Morgan fingerprint density at radius 2 is 0.842 bits per heavy atom. The molecule has 0 aromatic carbocycles. The quantitative estimate of drug-likeness (QED) is 0.0323. The number of carbonyl (C=O) groups excluding carboxylic acids is 2. The average molecular weight is 806 g/mol. The van der Waals surface area contributed by atoms with Crippen molar-refractivity contribution in [2.24, 2.45) is 0 Å². The topological polar surface area (TPSA) is 95.9 Å². The Kier molecular flexibility index (Phi) is 44.6. The second-order valence-corrected chi connectivity index (χ2v) is 17.6. The third-order valence-corrected chi connectivity index (χ3v) is 11.8. The molecule has 0 aromatic heterocycles. The van der Waals surface area contributed by atoms with E-state index in [1.54, 1.807) is 0 Å². The molecule has 0 aliphatic heterocycles. The highest BCUT2D eigenvalue weighted by Crippen LogP contribution is 2.18. The monoisotopic (exact) mass is 806 g/mol. The zero-order valence-corrected chi connectivity index (χ0v) is 38.5. The Morgan fingerprint density at radius 3 is 1.28 bits per heavy atom. The van der Waals surface area contributed by atoms with Crippen LogP contribution in [0.25, 0.3) is 0 Å². The highest BCUT2D eigenvalue weighted by atomic mass is 16.5. The number of nitrogens with one attached hydrogen (secondary N) is 1. The summed E-state index contributed by atoms with van der Waals surface area (Å²) < 4.78 is 5.91. The number of carbonyl (C=O) groups is 2. The lowest BCUT2D eigenvalue weighted by Gasteiger charge is -2.24. The molecule has 0 fully saturated rings. The van der Waals surface area contributed by atoms with Gasteiger partial charge in [-0.3, -0.25) is 9.59 Å². The number of rotatable bonds is 46. The van der Waals surface area contributed by atoms with Crippen LogP contribution in [0.2, 0.25) is 0 Å². The van der Waals surface area contributed by atoms with Gasteiger partial charge >= 0.3 is 5.97 Å². The normalized spacial score (nSPS) is 13.3. The minimum Gasteiger partial charge on any atom is -0.462 e. The van der Waals surface area contributed by atoms with Crippen molar-refractivity contribution in [3.05, 3.63) is 12.2 Å². The molecule has 0 bridgehead atoms. The predicted octanol–water partition coefficient (Wildman–Crippen LogP) is 15.0. The number of allylic oxidation sites excluding steroid dienone is 2.